The van der Waals surface area contributed by atoms with Crippen LogP contribution in [-0.4, -0.2) is 65.5 Å². The van der Waals surface area contributed by atoms with Crippen molar-refractivity contribution in [3.05, 3.63) is 36.0 Å². The lowest BCUT2D eigenvalue weighted by Crippen LogP contribution is -2.24. The first-order chi connectivity index (χ1) is 11.6. The fourth-order valence-corrected chi connectivity index (χ4v) is 3.17. The van der Waals surface area contributed by atoms with Gasteiger partial charge >= 0.3 is 0 Å². The van der Waals surface area contributed by atoms with E-state index in [0.717, 1.165) is 18.5 Å². The van der Waals surface area contributed by atoms with Gasteiger partial charge in [-0.15, -0.1) is 0 Å². The van der Waals surface area contributed by atoms with Crippen molar-refractivity contribution in [2.75, 3.05) is 27.2 Å². The molecule has 1 aromatic carbocycles. The maximum atomic E-state index is 10.0. The summed E-state index contributed by atoms with van der Waals surface area (Å²) in [6, 6.07) is 8.19. The largest absolute Gasteiger partial charge is 0.394 e. The number of fused-ring (bicyclic) bond motifs is 1. The molecule has 3 rings (SSSR count). The van der Waals surface area contributed by atoms with E-state index in [1.165, 1.54) is 10.9 Å². The molecule has 1 fully saturated rings. The Hall–Kier alpha value is -1.89. The van der Waals surface area contributed by atoms with Gasteiger partial charge in [-0.25, -0.2) is 0 Å². The van der Waals surface area contributed by atoms with Crippen molar-refractivity contribution >= 4 is 17.2 Å². The Morgan fingerprint density at radius 1 is 1.38 bits per heavy atom. The van der Waals surface area contributed by atoms with E-state index in [0.29, 0.717) is 6.42 Å². The van der Waals surface area contributed by atoms with Crippen molar-refractivity contribution in [2.45, 2.75) is 31.3 Å². The fraction of sp³-hybridized carbons (Fsp3) is 0.500. The van der Waals surface area contributed by atoms with Crippen LogP contribution in [0.1, 0.15) is 18.2 Å². The third-order valence-corrected chi connectivity index (χ3v) is 4.34. The number of aliphatic hydroxyl groups excluding tert-OH is 2. The highest BCUT2D eigenvalue weighted by molar-refractivity contribution is 5.84. The Bertz CT molecular complexity index is 711. The molecule has 0 saturated carbocycles. The van der Waals surface area contributed by atoms with Gasteiger partial charge < -0.3 is 24.4 Å². The first kappa shape index (κ1) is 17.0. The minimum absolute atomic E-state index is 0.164. The van der Waals surface area contributed by atoms with Crippen LogP contribution >= 0.6 is 0 Å². The fourth-order valence-electron chi connectivity index (χ4n) is 3.17. The van der Waals surface area contributed by atoms with Crippen molar-refractivity contribution in [3.8, 4) is 0 Å². The van der Waals surface area contributed by atoms with E-state index in [1.54, 1.807) is 0 Å². The standard InChI is InChI=1S/C18H25N3O3/c1-20(2)12-19-8-7-13-10-21(15-6-4-3-5-14(13)15)18-9-16(23)17(11-22)24-18/h3-6,10,12,16-18,22-23H,7-9,11H2,1-2H3. The first-order valence-corrected chi connectivity index (χ1v) is 8.29. The van der Waals surface area contributed by atoms with Gasteiger partial charge in [0.2, 0.25) is 0 Å². The molecule has 1 aliphatic heterocycles. The molecule has 6 nitrogen and oxygen atoms in total. The number of hydrogen-bond donors (Lipinski definition) is 2. The molecule has 6 heteroatoms. The van der Waals surface area contributed by atoms with Gasteiger partial charge in [-0.3, -0.25) is 4.99 Å². The van der Waals surface area contributed by atoms with Gasteiger partial charge in [0.1, 0.15) is 12.3 Å². The van der Waals surface area contributed by atoms with Crippen molar-refractivity contribution < 1.29 is 14.9 Å². The normalized spacial score (nSPS) is 24.2. The van der Waals surface area contributed by atoms with E-state index in [-0.39, 0.29) is 12.8 Å². The van der Waals surface area contributed by atoms with E-state index in [9.17, 15) is 10.2 Å². The number of aliphatic hydroxyl groups is 2. The highest BCUT2D eigenvalue weighted by atomic mass is 16.5. The number of hydrogen-bond acceptors (Lipinski definition) is 4. The van der Waals surface area contributed by atoms with E-state index < -0.39 is 12.2 Å². The lowest BCUT2D eigenvalue weighted by atomic mass is 10.1. The topological polar surface area (TPSA) is 70.2 Å². The van der Waals surface area contributed by atoms with E-state index in [1.807, 2.05) is 37.5 Å². The molecule has 2 aromatic rings. The first-order valence-electron chi connectivity index (χ1n) is 8.29. The average Bonchev–Trinajstić information content (AvgIpc) is 3.12. The number of para-hydroxylation sites is 1. The number of aromatic nitrogens is 1. The van der Waals surface area contributed by atoms with Crippen LogP contribution < -0.4 is 0 Å². The lowest BCUT2D eigenvalue weighted by Gasteiger charge is -2.14. The van der Waals surface area contributed by atoms with Gasteiger partial charge in [-0.2, -0.15) is 0 Å². The summed E-state index contributed by atoms with van der Waals surface area (Å²) >= 11 is 0. The zero-order chi connectivity index (χ0) is 17.1. The molecule has 1 saturated heterocycles. The molecule has 130 valence electrons. The zero-order valence-electron chi connectivity index (χ0n) is 14.2. The molecule has 1 aromatic heterocycles. The summed E-state index contributed by atoms with van der Waals surface area (Å²) < 4.78 is 7.88. The van der Waals surface area contributed by atoms with Crippen molar-refractivity contribution in [3.63, 3.8) is 0 Å². The van der Waals surface area contributed by atoms with Crippen LogP contribution in [0.2, 0.25) is 0 Å². The number of ether oxygens (including phenoxy) is 1. The summed E-state index contributed by atoms with van der Waals surface area (Å²) in [7, 11) is 3.91. The van der Waals surface area contributed by atoms with E-state index >= 15 is 0 Å². The van der Waals surface area contributed by atoms with Crippen LogP contribution in [0.15, 0.2) is 35.5 Å². The summed E-state index contributed by atoms with van der Waals surface area (Å²) in [6.07, 6.45) is 3.85. The molecular weight excluding hydrogens is 306 g/mol. The van der Waals surface area contributed by atoms with E-state index in [2.05, 4.69) is 27.9 Å². The highest BCUT2D eigenvalue weighted by Gasteiger charge is 2.35. The molecule has 0 amide bonds. The number of rotatable bonds is 6. The van der Waals surface area contributed by atoms with Crippen LogP contribution in [0.3, 0.4) is 0 Å². The molecule has 0 bridgehead atoms. The third-order valence-electron chi connectivity index (χ3n) is 4.34. The van der Waals surface area contributed by atoms with E-state index in [4.69, 9.17) is 4.74 Å². The molecule has 3 atom stereocenters. The second-order valence-corrected chi connectivity index (χ2v) is 6.43. The quantitative estimate of drug-likeness (QED) is 0.620. The summed E-state index contributed by atoms with van der Waals surface area (Å²) in [6.45, 7) is 0.558. The molecule has 2 N–H and O–H groups in total. The molecule has 0 aliphatic carbocycles. The maximum absolute atomic E-state index is 10.0. The average molecular weight is 331 g/mol. The second-order valence-electron chi connectivity index (χ2n) is 6.43. The molecule has 2 heterocycles. The molecule has 0 radical (unpaired) electrons. The van der Waals surface area contributed by atoms with Crippen LogP contribution in [-0.2, 0) is 11.2 Å². The summed E-state index contributed by atoms with van der Waals surface area (Å²) in [5, 5.41) is 20.5. The van der Waals surface area contributed by atoms with Gasteiger partial charge in [0, 0.05) is 38.6 Å². The predicted molar refractivity (Wildman–Crippen MR) is 94.3 cm³/mol. The predicted octanol–water partition coefficient (Wildman–Crippen LogP) is 1.41. The van der Waals surface area contributed by atoms with Gasteiger partial charge in [0.25, 0.3) is 0 Å². The molecular formula is C18H25N3O3. The summed E-state index contributed by atoms with van der Waals surface area (Å²) in [4.78, 5) is 6.33. The Labute approximate surface area is 142 Å². The summed E-state index contributed by atoms with van der Waals surface area (Å²) in [5.41, 5.74) is 2.30. The highest BCUT2D eigenvalue weighted by Crippen LogP contribution is 2.33. The second kappa shape index (κ2) is 7.34. The molecule has 0 spiro atoms. The Morgan fingerprint density at radius 3 is 2.88 bits per heavy atom. The molecule has 24 heavy (non-hydrogen) atoms. The lowest BCUT2D eigenvalue weighted by molar-refractivity contribution is -0.0429. The van der Waals surface area contributed by atoms with Gasteiger partial charge in [-0.05, 0) is 18.1 Å². The SMILES string of the molecule is CN(C)C=NCCc1cn(C2CC(O)C(CO)O2)c2ccccc12. The Balaban J connectivity index is 1.84. The van der Waals surface area contributed by atoms with Gasteiger partial charge in [0.05, 0.1) is 24.6 Å². The number of aliphatic imine (C=N–C) groups is 1. The number of nitrogens with zero attached hydrogens (tertiary/aromatic N) is 3. The Kier molecular flexibility index (Phi) is 5.18. The van der Waals surface area contributed by atoms with Crippen LogP contribution in [0.4, 0.5) is 0 Å². The minimum Gasteiger partial charge on any atom is -0.394 e. The molecule has 1 aliphatic rings. The van der Waals surface area contributed by atoms with Gasteiger partial charge in [0.15, 0.2) is 0 Å². The smallest absolute Gasteiger partial charge is 0.137 e. The van der Waals surface area contributed by atoms with Crippen molar-refractivity contribution in [2.24, 2.45) is 4.99 Å². The minimum atomic E-state index is -0.630. The van der Waals surface area contributed by atoms with Crippen LogP contribution in [0, 0.1) is 0 Å². The maximum Gasteiger partial charge on any atom is 0.137 e. The van der Waals surface area contributed by atoms with Gasteiger partial charge in [-0.1, -0.05) is 18.2 Å². The summed E-state index contributed by atoms with van der Waals surface area (Å²) in [5.74, 6) is 0. The zero-order valence-corrected chi connectivity index (χ0v) is 14.2. The van der Waals surface area contributed by atoms with Crippen LogP contribution in [0.25, 0.3) is 10.9 Å². The number of benzene rings is 1. The van der Waals surface area contributed by atoms with Crippen LogP contribution in [0.5, 0.6) is 0 Å². The third kappa shape index (κ3) is 3.45. The van der Waals surface area contributed by atoms with Crippen molar-refractivity contribution in [1.82, 2.24) is 9.47 Å². The monoisotopic (exact) mass is 331 g/mol. The molecule has 3 unspecified atom stereocenters. The van der Waals surface area contributed by atoms with Crippen molar-refractivity contribution in [1.29, 1.82) is 0 Å². The Morgan fingerprint density at radius 2 is 2.17 bits per heavy atom.